The second-order valence-corrected chi connectivity index (χ2v) is 17.6. The fraction of sp³-hybridized carbons (Fsp3) is 0.543. The summed E-state index contributed by atoms with van der Waals surface area (Å²) in [5.74, 6) is 7.59. The molecule has 9 unspecified atom stereocenters. The van der Waals surface area contributed by atoms with Crippen LogP contribution in [0, 0.1) is 52.3 Å². The van der Waals surface area contributed by atoms with E-state index in [0.717, 1.165) is 76.9 Å². The largest absolute Gasteiger partial charge is 0.490 e. The Morgan fingerprint density at radius 3 is 2.18 bits per heavy atom. The van der Waals surface area contributed by atoms with Crippen molar-refractivity contribution in [3.05, 3.63) is 89.5 Å². The van der Waals surface area contributed by atoms with Gasteiger partial charge in [-0.15, -0.1) is 0 Å². The van der Waals surface area contributed by atoms with E-state index in [1.807, 2.05) is 66.7 Å². The number of hydrogen-bond donors (Lipinski definition) is 2. The van der Waals surface area contributed by atoms with Crippen molar-refractivity contribution in [2.75, 3.05) is 11.5 Å². The van der Waals surface area contributed by atoms with Crippen molar-refractivity contribution in [2.45, 2.75) is 105 Å². The van der Waals surface area contributed by atoms with E-state index in [1.165, 1.54) is 44.9 Å². The summed E-state index contributed by atoms with van der Waals surface area (Å²) in [6.07, 6.45) is 15.9. The molecule has 0 aliphatic heterocycles. The lowest BCUT2D eigenvalue weighted by Crippen LogP contribution is -2.54. The van der Waals surface area contributed by atoms with Gasteiger partial charge in [0, 0.05) is 16.9 Å². The molecule has 0 saturated heterocycles. The van der Waals surface area contributed by atoms with Gasteiger partial charge in [-0.2, -0.15) is 0 Å². The summed E-state index contributed by atoms with van der Waals surface area (Å²) in [4.78, 5) is 13.0. The fourth-order valence-corrected chi connectivity index (χ4v) is 11.5. The molecular weight excluding hydrogens is 629 g/mol. The summed E-state index contributed by atoms with van der Waals surface area (Å²) in [6, 6.07) is 20.9. The molecule has 0 radical (unpaired) electrons. The molecule has 4 N–H and O–H groups in total. The molecule has 0 aromatic heterocycles. The number of ketones is 1. The van der Waals surface area contributed by atoms with Crippen LogP contribution in [0.25, 0.3) is 6.08 Å². The highest BCUT2D eigenvalue weighted by atomic mass is 16.5. The van der Waals surface area contributed by atoms with Crippen molar-refractivity contribution in [2.24, 2.45) is 52.3 Å². The van der Waals surface area contributed by atoms with Crippen molar-refractivity contribution in [1.82, 2.24) is 0 Å². The van der Waals surface area contributed by atoms with Crippen molar-refractivity contribution in [3.63, 3.8) is 0 Å². The maximum atomic E-state index is 13.0. The maximum Gasteiger partial charge on any atom is 0.185 e. The van der Waals surface area contributed by atoms with Crippen LogP contribution in [-0.2, 0) is 6.61 Å². The Hall–Kier alpha value is -3.73. The van der Waals surface area contributed by atoms with Crippen LogP contribution in [0.15, 0.2) is 72.8 Å². The lowest BCUT2D eigenvalue weighted by atomic mass is 9.44. The Balaban J connectivity index is 0.904. The van der Waals surface area contributed by atoms with Gasteiger partial charge in [-0.25, -0.2) is 0 Å². The van der Waals surface area contributed by atoms with E-state index < -0.39 is 0 Å². The van der Waals surface area contributed by atoms with Gasteiger partial charge in [0.25, 0.3) is 0 Å². The topological polar surface area (TPSA) is 87.6 Å². The van der Waals surface area contributed by atoms with E-state index >= 15 is 0 Å². The van der Waals surface area contributed by atoms with Crippen LogP contribution in [0.5, 0.6) is 11.5 Å². The highest BCUT2D eigenvalue weighted by Crippen LogP contribution is 2.68. The number of rotatable bonds is 10. The number of carbonyl (C=O) groups is 1. The molecule has 0 bridgehead atoms. The Bertz CT molecular complexity index is 1690. The van der Waals surface area contributed by atoms with Crippen molar-refractivity contribution in [3.8, 4) is 11.5 Å². The third-order valence-corrected chi connectivity index (χ3v) is 14.6. The summed E-state index contributed by atoms with van der Waals surface area (Å²) >= 11 is 0. The molecule has 7 rings (SSSR count). The highest BCUT2D eigenvalue weighted by Gasteiger charge is 2.60. The third-order valence-electron chi connectivity index (χ3n) is 14.6. The van der Waals surface area contributed by atoms with Gasteiger partial charge in [0.15, 0.2) is 5.78 Å². The van der Waals surface area contributed by atoms with Gasteiger partial charge in [-0.05, 0) is 182 Å². The number of allylic oxidation sites excluding steroid dienone is 1. The standard InChI is InChI=1S/C46H60N2O3/c1-29(2)30(3)41-17-18-42-40-16-11-34-26-39(20-22-45(34,4)43(40)21-23-46(41,42)5)51-38-14-9-33(10-15-38)44(49)19-8-31-6-12-37(13-7-31)50-28-32-24-35(47)27-36(48)25-32/h6-10,12-15,19,24-25,27,29-30,34,39-43H,11,16-18,20-23,26,28,47-48H2,1-5H3/b19-8+. The number of nitrogen functional groups attached to an aromatic ring is 2. The number of hydrogen-bond acceptors (Lipinski definition) is 5. The molecule has 51 heavy (non-hydrogen) atoms. The molecular formula is C46H60N2O3. The van der Waals surface area contributed by atoms with E-state index in [4.69, 9.17) is 20.9 Å². The molecule has 0 heterocycles. The molecule has 5 nitrogen and oxygen atoms in total. The molecule has 9 atom stereocenters. The SMILES string of the molecule is CC(C)C(C)C1CCC2C3CCC4CC(Oc5ccc(C(=O)/C=C/c6ccc(OCc7cc(N)cc(N)c7)cc6)cc5)CCC4(C)C3CCC12C. The molecule has 4 saturated carbocycles. The normalized spacial score (nSPS) is 32.2. The molecule has 4 fully saturated rings. The van der Waals surface area contributed by atoms with Crippen molar-refractivity contribution in [1.29, 1.82) is 0 Å². The van der Waals surface area contributed by atoms with Crippen LogP contribution < -0.4 is 20.9 Å². The third kappa shape index (κ3) is 7.19. The number of benzene rings is 3. The van der Waals surface area contributed by atoms with E-state index in [0.29, 0.717) is 34.4 Å². The van der Waals surface area contributed by atoms with Crippen LogP contribution in [-0.4, -0.2) is 11.9 Å². The highest BCUT2D eigenvalue weighted by molar-refractivity contribution is 6.06. The van der Waals surface area contributed by atoms with Gasteiger partial charge in [-0.3, -0.25) is 4.79 Å². The first kappa shape index (κ1) is 35.7. The number of nitrogens with two attached hydrogens (primary N) is 2. The summed E-state index contributed by atoms with van der Waals surface area (Å²) in [5, 5.41) is 0. The summed E-state index contributed by atoms with van der Waals surface area (Å²) < 4.78 is 12.5. The van der Waals surface area contributed by atoms with E-state index in [2.05, 4.69) is 34.6 Å². The van der Waals surface area contributed by atoms with Crippen LogP contribution >= 0.6 is 0 Å². The minimum atomic E-state index is -0.0258. The van der Waals surface area contributed by atoms with Crippen LogP contribution in [0.4, 0.5) is 11.4 Å². The van der Waals surface area contributed by atoms with Crippen molar-refractivity contribution >= 4 is 23.2 Å². The first-order chi connectivity index (χ1) is 24.4. The number of ether oxygens (including phenoxy) is 2. The molecule has 0 amide bonds. The molecule has 4 aliphatic carbocycles. The average Bonchev–Trinajstić information content (AvgIpc) is 3.47. The molecule has 4 aliphatic rings. The minimum absolute atomic E-state index is 0.0258. The van der Waals surface area contributed by atoms with E-state index in [9.17, 15) is 4.79 Å². The van der Waals surface area contributed by atoms with Gasteiger partial charge < -0.3 is 20.9 Å². The van der Waals surface area contributed by atoms with Gasteiger partial charge in [0.2, 0.25) is 0 Å². The Kier molecular flexibility index (Phi) is 10.0. The van der Waals surface area contributed by atoms with Gasteiger partial charge >= 0.3 is 0 Å². The van der Waals surface area contributed by atoms with E-state index in [1.54, 1.807) is 12.1 Å². The van der Waals surface area contributed by atoms with Crippen LogP contribution in [0.2, 0.25) is 0 Å². The summed E-state index contributed by atoms with van der Waals surface area (Å²) in [5.41, 5.74) is 16.5. The summed E-state index contributed by atoms with van der Waals surface area (Å²) in [6.45, 7) is 13.1. The zero-order chi connectivity index (χ0) is 35.9. The number of carbonyl (C=O) groups excluding carboxylic acids is 1. The predicted molar refractivity (Wildman–Crippen MR) is 209 cm³/mol. The first-order valence-corrected chi connectivity index (χ1v) is 19.8. The molecule has 3 aromatic rings. The molecule has 0 spiro atoms. The minimum Gasteiger partial charge on any atom is -0.490 e. The molecule has 3 aromatic carbocycles. The quantitative estimate of drug-likeness (QED) is 0.126. The summed E-state index contributed by atoms with van der Waals surface area (Å²) in [7, 11) is 0. The Labute approximate surface area is 306 Å². The Morgan fingerprint density at radius 1 is 0.804 bits per heavy atom. The average molecular weight is 689 g/mol. The van der Waals surface area contributed by atoms with Gasteiger partial charge in [0.05, 0.1) is 6.10 Å². The lowest BCUT2D eigenvalue weighted by molar-refractivity contribution is -0.127. The second-order valence-electron chi connectivity index (χ2n) is 17.6. The zero-order valence-corrected chi connectivity index (χ0v) is 31.6. The monoisotopic (exact) mass is 688 g/mol. The fourth-order valence-electron chi connectivity index (χ4n) is 11.5. The Morgan fingerprint density at radius 2 is 1.47 bits per heavy atom. The molecule has 272 valence electrons. The maximum absolute atomic E-state index is 13.0. The van der Waals surface area contributed by atoms with Gasteiger partial charge in [-0.1, -0.05) is 52.8 Å². The number of anilines is 2. The zero-order valence-electron chi connectivity index (χ0n) is 31.6. The van der Waals surface area contributed by atoms with Gasteiger partial charge in [0.1, 0.15) is 18.1 Å². The molecule has 5 heteroatoms. The van der Waals surface area contributed by atoms with Crippen LogP contribution in [0.3, 0.4) is 0 Å². The first-order valence-electron chi connectivity index (χ1n) is 19.8. The van der Waals surface area contributed by atoms with Crippen LogP contribution in [0.1, 0.15) is 114 Å². The smallest absolute Gasteiger partial charge is 0.185 e. The number of fused-ring (bicyclic) bond motifs is 5. The predicted octanol–water partition coefficient (Wildman–Crippen LogP) is 11.0. The van der Waals surface area contributed by atoms with Crippen molar-refractivity contribution < 1.29 is 14.3 Å². The second kappa shape index (κ2) is 14.4. The lowest BCUT2D eigenvalue weighted by Gasteiger charge is -2.61. The van der Waals surface area contributed by atoms with E-state index in [-0.39, 0.29) is 11.9 Å².